The summed E-state index contributed by atoms with van der Waals surface area (Å²) in [7, 11) is -10.8. The number of carbonyl (C=O) groups excluding carboxylic acids is 1. The molecular formula is C20H27N4O16P2+. The van der Waals surface area contributed by atoms with Gasteiger partial charge in [0.25, 0.3) is 17.7 Å². The molecule has 0 aliphatic carbocycles. The van der Waals surface area contributed by atoms with Gasteiger partial charge in [0.1, 0.15) is 36.1 Å². The standard InChI is InChI=1S/C20H26N4O16P2/c21-17(30)9-2-1-4-23(6-9)18-15(28)13(26)10(38-18)7-36-41(32,33)40-42(34,35)37-8-11-14(27)16(29)19(39-11)24-5-3-12(25)22-20(24)31/h1-6,10-11,13-16,18-19,26-29H,7-8H2,(H4-,21,22,25,30,31,32,33,34,35)/p+1/t10-,11-,13-,14-,15-,16-,18-,19-/m1/s1. The third kappa shape index (κ3) is 7.26. The fraction of sp³-hybridized carbons (Fsp3) is 0.500. The van der Waals surface area contributed by atoms with Crippen molar-refractivity contribution in [2.75, 3.05) is 13.2 Å². The monoisotopic (exact) mass is 641 g/mol. The molecule has 2 aliphatic heterocycles. The smallest absolute Gasteiger partial charge is 0.387 e. The Bertz CT molecular complexity index is 1520. The van der Waals surface area contributed by atoms with Crippen LogP contribution in [0.15, 0.2) is 46.4 Å². The highest BCUT2D eigenvalue weighted by Gasteiger charge is 2.50. The van der Waals surface area contributed by atoms with Crippen molar-refractivity contribution in [3.8, 4) is 0 Å². The number of aromatic nitrogens is 3. The number of hydrogen-bond acceptors (Lipinski definition) is 14. The molecule has 20 nitrogen and oxygen atoms in total. The Balaban J connectivity index is 1.32. The number of nitrogens with zero attached hydrogens (tertiary/aromatic N) is 2. The van der Waals surface area contributed by atoms with Gasteiger partial charge >= 0.3 is 21.3 Å². The van der Waals surface area contributed by atoms with E-state index in [1.165, 1.54) is 29.1 Å². The van der Waals surface area contributed by atoms with E-state index in [9.17, 15) is 53.7 Å². The number of amides is 1. The molecule has 1 amide bonds. The number of H-pyrrole nitrogens is 1. The van der Waals surface area contributed by atoms with E-state index in [0.29, 0.717) is 0 Å². The van der Waals surface area contributed by atoms with Gasteiger partial charge in [0.05, 0.1) is 13.2 Å². The molecular weight excluding hydrogens is 614 g/mol. The lowest BCUT2D eigenvalue weighted by Crippen LogP contribution is -2.46. The third-order valence-electron chi connectivity index (χ3n) is 6.21. The summed E-state index contributed by atoms with van der Waals surface area (Å²) < 4.78 is 50.7. The van der Waals surface area contributed by atoms with E-state index in [-0.39, 0.29) is 5.56 Å². The zero-order valence-corrected chi connectivity index (χ0v) is 22.9. The lowest BCUT2D eigenvalue weighted by Gasteiger charge is -2.20. The van der Waals surface area contributed by atoms with Crippen molar-refractivity contribution in [2.24, 2.45) is 5.73 Å². The Labute approximate surface area is 234 Å². The maximum atomic E-state index is 12.3. The molecule has 0 spiro atoms. The minimum atomic E-state index is -5.41. The van der Waals surface area contributed by atoms with Crippen molar-refractivity contribution in [2.45, 2.75) is 49.1 Å². The first-order chi connectivity index (χ1) is 19.6. The van der Waals surface area contributed by atoms with Crippen molar-refractivity contribution in [1.82, 2.24) is 9.55 Å². The molecule has 0 radical (unpaired) electrons. The second-order valence-electron chi connectivity index (χ2n) is 9.12. The highest BCUT2D eigenvalue weighted by molar-refractivity contribution is 7.61. The average molecular weight is 641 g/mol. The summed E-state index contributed by atoms with van der Waals surface area (Å²) in [5.41, 5.74) is 3.56. The van der Waals surface area contributed by atoms with Crippen molar-refractivity contribution in [3.05, 3.63) is 63.2 Å². The lowest BCUT2D eigenvalue weighted by molar-refractivity contribution is -0.765. The molecule has 10 atom stereocenters. The van der Waals surface area contributed by atoms with Crippen LogP contribution in [0, 0.1) is 0 Å². The number of hydrogen-bond donors (Lipinski definition) is 8. The number of phosphoric ester groups is 2. The summed E-state index contributed by atoms with van der Waals surface area (Å²) in [6.07, 6.45) is -8.98. The number of nitrogens with one attached hydrogen (secondary N) is 1. The Morgan fingerprint density at radius 3 is 2.17 bits per heavy atom. The van der Waals surface area contributed by atoms with Gasteiger partial charge in [-0.25, -0.2) is 13.9 Å². The number of ether oxygens (including phenoxy) is 2. The first kappa shape index (κ1) is 32.2. The van der Waals surface area contributed by atoms with E-state index in [4.69, 9.17) is 15.2 Å². The molecule has 2 aromatic rings. The van der Waals surface area contributed by atoms with E-state index >= 15 is 0 Å². The number of aliphatic hydroxyl groups is 4. The summed E-state index contributed by atoms with van der Waals surface area (Å²) in [5.74, 6) is -0.777. The molecule has 2 aliphatic rings. The summed E-state index contributed by atoms with van der Waals surface area (Å²) in [4.78, 5) is 56.4. The van der Waals surface area contributed by atoms with Crippen LogP contribution >= 0.6 is 15.6 Å². The zero-order chi connectivity index (χ0) is 31.0. The Morgan fingerprint density at radius 2 is 1.57 bits per heavy atom. The van der Waals surface area contributed by atoms with Crippen LogP contribution in [0.1, 0.15) is 22.8 Å². The molecule has 42 heavy (non-hydrogen) atoms. The number of aromatic amines is 1. The SMILES string of the molecule is NC(=O)c1ccc[n+]([C@@H]2O[C@H](COP(=O)(O)OP(=O)(O)OC[C@H]3O[C@@H](n4ccc(=O)[nH]c4=O)[C@H](O)[C@@H]3O)[C@@H](O)[C@H]2O)c1. The van der Waals surface area contributed by atoms with Gasteiger partial charge in [-0.1, -0.05) is 0 Å². The minimum Gasteiger partial charge on any atom is -0.387 e. The third-order valence-corrected chi connectivity index (χ3v) is 8.81. The molecule has 2 unspecified atom stereocenters. The fourth-order valence-electron chi connectivity index (χ4n) is 4.15. The molecule has 232 valence electrons. The average Bonchev–Trinajstić information content (AvgIpc) is 3.35. The van der Waals surface area contributed by atoms with Crippen LogP contribution < -0.4 is 21.5 Å². The van der Waals surface area contributed by atoms with Gasteiger partial charge in [0, 0.05) is 18.3 Å². The highest BCUT2D eigenvalue weighted by Crippen LogP contribution is 2.60. The predicted octanol–water partition coefficient (Wildman–Crippen LogP) is -3.89. The summed E-state index contributed by atoms with van der Waals surface area (Å²) >= 11 is 0. The number of nitrogens with two attached hydrogens (primary N) is 1. The second-order valence-corrected chi connectivity index (χ2v) is 12.2. The maximum Gasteiger partial charge on any atom is 0.481 e. The summed E-state index contributed by atoms with van der Waals surface area (Å²) in [6.45, 7) is -1.91. The van der Waals surface area contributed by atoms with Gasteiger partial charge in [-0.05, 0) is 6.07 Å². The van der Waals surface area contributed by atoms with Crippen LogP contribution in [0.4, 0.5) is 0 Å². The highest BCUT2D eigenvalue weighted by atomic mass is 31.3. The lowest BCUT2D eigenvalue weighted by atomic mass is 10.1. The van der Waals surface area contributed by atoms with Crippen molar-refractivity contribution in [3.63, 3.8) is 0 Å². The number of primary amides is 1. The molecule has 2 fully saturated rings. The van der Waals surface area contributed by atoms with Gasteiger partial charge in [-0.2, -0.15) is 8.88 Å². The molecule has 0 saturated carbocycles. The van der Waals surface area contributed by atoms with E-state index in [1.807, 2.05) is 4.98 Å². The quantitative estimate of drug-likeness (QED) is 0.0859. The number of carbonyl (C=O) groups is 1. The van der Waals surface area contributed by atoms with Crippen LogP contribution in [0.2, 0.25) is 0 Å². The predicted molar refractivity (Wildman–Crippen MR) is 131 cm³/mol. The number of aliphatic hydroxyl groups excluding tert-OH is 4. The Morgan fingerprint density at radius 1 is 0.976 bits per heavy atom. The van der Waals surface area contributed by atoms with Gasteiger partial charge in [-0.3, -0.25) is 28.2 Å². The van der Waals surface area contributed by atoms with Gasteiger partial charge in [0.15, 0.2) is 24.7 Å². The van der Waals surface area contributed by atoms with E-state index in [2.05, 4.69) is 13.4 Å². The Kier molecular flexibility index (Phi) is 9.60. The largest absolute Gasteiger partial charge is 0.481 e. The molecule has 0 aromatic carbocycles. The molecule has 4 rings (SSSR count). The van der Waals surface area contributed by atoms with E-state index < -0.39 is 95.1 Å². The van der Waals surface area contributed by atoms with Crippen LogP contribution in [0.25, 0.3) is 0 Å². The fourth-order valence-corrected chi connectivity index (χ4v) is 6.24. The van der Waals surface area contributed by atoms with Crippen LogP contribution in [-0.2, 0) is 32.0 Å². The molecule has 22 heteroatoms. The molecule has 4 heterocycles. The Hall–Kier alpha value is -2.68. The van der Waals surface area contributed by atoms with Gasteiger partial charge < -0.3 is 45.4 Å². The molecule has 9 N–H and O–H groups in total. The number of pyridine rings is 1. The topological polar surface area (TPSA) is 304 Å². The van der Waals surface area contributed by atoms with Crippen molar-refractivity contribution < 1.29 is 71.5 Å². The molecule has 0 bridgehead atoms. The van der Waals surface area contributed by atoms with E-state index in [1.54, 1.807) is 0 Å². The minimum absolute atomic E-state index is 0.0559. The number of phosphoric acid groups is 2. The normalized spacial score (nSPS) is 32.3. The van der Waals surface area contributed by atoms with Gasteiger partial charge in [0.2, 0.25) is 0 Å². The van der Waals surface area contributed by atoms with Crippen molar-refractivity contribution in [1.29, 1.82) is 0 Å². The van der Waals surface area contributed by atoms with Gasteiger partial charge in [-0.15, -0.1) is 0 Å². The molecule has 2 aromatic heterocycles. The maximum absolute atomic E-state index is 12.3. The summed E-state index contributed by atoms with van der Waals surface area (Å²) in [6, 6.07) is 3.75. The van der Waals surface area contributed by atoms with E-state index in [0.717, 1.165) is 16.8 Å². The first-order valence-electron chi connectivity index (χ1n) is 11.9. The second kappa shape index (κ2) is 12.5. The molecule has 2 saturated heterocycles. The van der Waals surface area contributed by atoms with Crippen LogP contribution in [0.3, 0.4) is 0 Å². The van der Waals surface area contributed by atoms with Crippen LogP contribution in [-0.4, -0.2) is 95.5 Å². The van der Waals surface area contributed by atoms with Crippen LogP contribution in [0.5, 0.6) is 0 Å². The zero-order valence-electron chi connectivity index (χ0n) is 21.1. The summed E-state index contributed by atoms with van der Waals surface area (Å²) in [5, 5.41) is 41.0. The van der Waals surface area contributed by atoms with Crippen molar-refractivity contribution >= 4 is 21.6 Å². The number of rotatable bonds is 11. The first-order valence-corrected chi connectivity index (χ1v) is 14.9.